The van der Waals surface area contributed by atoms with Gasteiger partial charge in [0, 0.05) is 36.0 Å². The van der Waals surface area contributed by atoms with E-state index in [1.807, 2.05) is 6.07 Å². The molecule has 0 saturated heterocycles. The van der Waals surface area contributed by atoms with Gasteiger partial charge in [-0.05, 0) is 11.6 Å². The van der Waals surface area contributed by atoms with Gasteiger partial charge in [-0.2, -0.15) is 0 Å². The van der Waals surface area contributed by atoms with Crippen LogP contribution in [-0.2, 0) is 4.79 Å². The molecule has 0 spiro atoms. The molecule has 1 aromatic heterocycles. The summed E-state index contributed by atoms with van der Waals surface area (Å²) in [6.07, 6.45) is 3.43. The number of hydrogen-bond acceptors (Lipinski definition) is 5. The summed E-state index contributed by atoms with van der Waals surface area (Å²) in [6, 6.07) is 6.18. The zero-order chi connectivity index (χ0) is 13.4. The number of rotatable bonds is 1. The number of esters is 1. The zero-order valence-electron chi connectivity index (χ0n) is 9.91. The third-order valence-corrected chi connectivity index (χ3v) is 3.13. The molecule has 1 aromatic carbocycles. The van der Waals surface area contributed by atoms with Crippen molar-refractivity contribution in [2.24, 2.45) is 0 Å². The van der Waals surface area contributed by atoms with Crippen molar-refractivity contribution in [2.45, 2.75) is 12.3 Å². The predicted octanol–water partition coefficient (Wildman–Crippen LogP) is 1.93. The number of nitrogens with zero attached hydrogens (tertiary/aromatic N) is 1. The molecule has 2 aromatic rings. The van der Waals surface area contributed by atoms with Gasteiger partial charge in [0.15, 0.2) is 0 Å². The number of hydrogen-bond donors (Lipinski definition) is 2. The Kier molecular flexibility index (Phi) is 2.59. The lowest BCUT2D eigenvalue weighted by atomic mass is 9.86. The van der Waals surface area contributed by atoms with E-state index in [0.717, 1.165) is 5.56 Å². The Morgan fingerprint density at radius 3 is 2.89 bits per heavy atom. The standard InChI is InChI=1S/C14H11NO4/c16-9-4-11(17)14-10(8-2-1-3-15-7-8)6-13(18)19-12(14)5-9/h1-5,7,10,16-17H,6H2/t10-/m1/s1. The van der Waals surface area contributed by atoms with E-state index < -0.39 is 5.97 Å². The topological polar surface area (TPSA) is 79.7 Å². The van der Waals surface area contributed by atoms with Crippen LogP contribution in [0.15, 0.2) is 36.7 Å². The highest BCUT2D eigenvalue weighted by Gasteiger charge is 2.31. The van der Waals surface area contributed by atoms with Crippen molar-refractivity contribution in [3.05, 3.63) is 47.8 Å². The number of aromatic hydroxyl groups is 2. The summed E-state index contributed by atoms with van der Waals surface area (Å²) >= 11 is 0. The average Bonchev–Trinajstić information content (AvgIpc) is 2.38. The summed E-state index contributed by atoms with van der Waals surface area (Å²) < 4.78 is 5.07. The van der Waals surface area contributed by atoms with Crippen LogP contribution in [0.3, 0.4) is 0 Å². The highest BCUT2D eigenvalue weighted by atomic mass is 16.5. The first kappa shape index (κ1) is 11.5. The summed E-state index contributed by atoms with van der Waals surface area (Å²) in [5, 5.41) is 19.4. The molecule has 19 heavy (non-hydrogen) atoms. The van der Waals surface area contributed by atoms with Gasteiger partial charge in [0.25, 0.3) is 0 Å². The van der Waals surface area contributed by atoms with Crippen molar-refractivity contribution in [1.82, 2.24) is 4.98 Å². The molecule has 0 aliphatic carbocycles. The lowest BCUT2D eigenvalue weighted by molar-refractivity contribution is -0.135. The Hall–Kier alpha value is -2.56. The van der Waals surface area contributed by atoms with Crippen LogP contribution in [0.2, 0.25) is 0 Å². The summed E-state index contributed by atoms with van der Waals surface area (Å²) in [4.78, 5) is 15.6. The first-order chi connectivity index (χ1) is 9.15. The molecule has 2 heterocycles. The lowest BCUT2D eigenvalue weighted by Gasteiger charge is -2.25. The molecule has 0 amide bonds. The molecule has 0 saturated carbocycles. The van der Waals surface area contributed by atoms with E-state index in [1.165, 1.54) is 12.1 Å². The second-order valence-corrected chi connectivity index (χ2v) is 4.39. The molecular weight excluding hydrogens is 246 g/mol. The zero-order valence-corrected chi connectivity index (χ0v) is 9.91. The third-order valence-electron chi connectivity index (χ3n) is 3.13. The number of fused-ring (bicyclic) bond motifs is 1. The third kappa shape index (κ3) is 1.99. The van der Waals surface area contributed by atoms with Crippen molar-refractivity contribution in [3.8, 4) is 17.2 Å². The van der Waals surface area contributed by atoms with Crippen molar-refractivity contribution in [2.75, 3.05) is 0 Å². The molecule has 2 N–H and O–H groups in total. The Balaban J connectivity index is 2.17. The molecule has 3 rings (SSSR count). The minimum absolute atomic E-state index is 0.0867. The molecule has 0 radical (unpaired) electrons. The summed E-state index contributed by atoms with van der Waals surface area (Å²) in [5.41, 5.74) is 1.33. The number of carbonyl (C=O) groups is 1. The Bertz CT molecular complexity index is 639. The summed E-state index contributed by atoms with van der Waals surface area (Å²) in [7, 11) is 0. The van der Waals surface area contributed by atoms with Crippen molar-refractivity contribution < 1.29 is 19.7 Å². The van der Waals surface area contributed by atoms with Crippen LogP contribution in [0.1, 0.15) is 23.5 Å². The van der Waals surface area contributed by atoms with Gasteiger partial charge in [0.1, 0.15) is 17.2 Å². The van der Waals surface area contributed by atoms with Gasteiger partial charge < -0.3 is 14.9 Å². The van der Waals surface area contributed by atoms with E-state index in [2.05, 4.69) is 4.98 Å². The molecule has 5 heteroatoms. The number of ether oxygens (including phenoxy) is 1. The van der Waals surface area contributed by atoms with Crippen LogP contribution in [0.5, 0.6) is 17.2 Å². The summed E-state index contributed by atoms with van der Waals surface area (Å²) in [6.45, 7) is 0. The van der Waals surface area contributed by atoms with Crippen LogP contribution in [-0.4, -0.2) is 21.2 Å². The highest BCUT2D eigenvalue weighted by molar-refractivity contribution is 5.79. The van der Waals surface area contributed by atoms with Gasteiger partial charge in [0.2, 0.25) is 0 Å². The van der Waals surface area contributed by atoms with Crippen LogP contribution in [0.4, 0.5) is 0 Å². The SMILES string of the molecule is O=C1C[C@H](c2cccnc2)c2c(O)cc(O)cc2O1. The Morgan fingerprint density at radius 2 is 2.16 bits per heavy atom. The molecular formula is C14H11NO4. The van der Waals surface area contributed by atoms with Crippen LogP contribution in [0, 0.1) is 0 Å². The van der Waals surface area contributed by atoms with Crippen LogP contribution < -0.4 is 4.74 Å². The maximum Gasteiger partial charge on any atom is 0.312 e. The number of aromatic nitrogens is 1. The van der Waals surface area contributed by atoms with Crippen molar-refractivity contribution in [1.29, 1.82) is 0 Å². The fourth-order valence-electron chi connectivity index (χ4n) is 2.33. The van der Waals surface area contributed by atoms with Crippen molar-refractivity contribution >= 4 is 5.97 Å². The van der Waals surface area contributed by atoms with Crippen LogP contribution in [0.25, 0.3) is 0 Å². The fraction of sp³-hybridized carbons (Fsp3) is 0.143. The predicted molar refractivity (Wildman–Crippen MR) is 66.1 cm³/mol. The number of phenolic OH excluding ortho intramolecular Hbond substituents is 2. The minimum atomic E-state index is -0.397. The van der Waals surface area contributed by atoms with Gasteiger partial charge in [-0.25, -0.2) is 0 Å². The van der Waals surface area contributed by atoms with E-state index in [4.69, 9.17) is 4.74 Å². The van der Waals surface area contributed by atoms with Gasteiger partial charge in [0.05, 0.1) is 6.42 Å². The quantitative estimate of drug-likeness (QED) is 0.602. The Labute approximate surface area is 109 Å². The normalized spacial score (nSPS) is 17.7. The monoisotopic (exact) mass is 257 g/mol. The number of benzene rings is 1. The average molecular weight is 257 g/mol. The van der Waals surface area contributed by atoms with Gasteiger partial charge >= 0.3 is 5.97 Å². The van der Waals surface area contributed by atoms with Gasteiger partial charge in [-0.3, -0.25) is 9.78 Å². The van der Waals surface area contributed by atoms with E-state index in [-0.39, 0.29) is 29.6 Å². The van der Waals surface area contributed by atoms with E-state index >= 15 is 0 Å². The second kappa shape index (κ2) is 4.28. The molecule has 1 aliphatic rings. The van der Waals surface area contributed by atoms with E-state index in [9.17, 15) is 15.0 Å². The summed E-state index contributed by atoms with van der Waals surface area (Å²) in [5.74, 6) is -0.744. The molecule has 1 aliphatic heterocycles. The molecule has 0 unspecified atom stereocenters. The smallest absolute Gasteiger partial charge is 0.312 e. The maximum atomic E-state index is 11.6. The molecule has 0 bridgehead atoms. The Morgan fingerprint density at radius 1 is 1.32 bits per heavy atom. The first-order valence-electron chi connectivity index (χ1n) is 5.81. The number of phenols is 2. The first-order valence-corrected chi connectivity index (χ1v) is 5.81. The minimum Gasteiger partial charge on any atom is -0.508 e. The maximum absolute atomic E-state index is 11.6. The van der Waals surface area contributed by atoms with Crippen molar-refractivity contribution in [3.63, 3.8) is 0 Å². The fourth-order valence-corrected chi connectivity index (χ4v) is 2.33. The molecule has 1 atom stereocenters. The number of pyridine rings is 1. The molecule has 96 valence electrons. The largest absolute Gasteiger partial charge is 0.508 e. The highest BCUT2D eigenvalue weighted by Crippen LogP contribution is 2.45. The van der Waals surface area contributed by atoms with Gasteiger partial charge in [-0.15, -0.1) is 0 Å². The second-order valence-electron chi connectivity index (χ2n) is 4.39. The lowest BCUT2D eigenvalue weighted by Crippen LogP contribution is -2.21. The van der Waals surface area contributed by atoms with E-state index in [0.29, 0.717) is 5.56 Å². The van der Waals surface area contributed by atoms with Crippen LogP contribution >= 0.6 is 0 Å². The van der Waals surface area contributed by atoms with E-state index in [1.54, 1.807) is 18.5 Å². The number of carbonyl (C=O) groups excluding carboxylic acids is 1. The van der Waals surface area contributed by atoms with Gasteiger partial charge in [-0.1, -0.05) is 6.07 Å². The molecule has 5 nitrogen and oxygen atoms in total. The molecule has 0 fully saturated rings.